The number of hydrogen-bond acceptors (Lipinski definition) is 3. The van der Waals surface area contributed by atoms with E-state index < -0.39 is 0 Å². The normalized spacial score (nSPS) is 13.2. The quantitative estimate of drug-likeness (QED) is 0.776. The van der Waals surface area contributed by atoms with Crippen molar-refractivity contribution < 1.29 is 9.15 Å². The van der Waals surface area contributed by atoms with E-state index in [1.54, 1.807) is 0 Å². The van der Waals surface area contributed by atoms with Crippen LogP contribution < -0.4 is 5.73 Å². The van der Waals surface area contributed by atoms with Crippen molar-refractivity contribution in [3.8, 4) is 0 Å². The molecule has 0 aliphatic rings. The molecule has 0 saturated heterocycles. The van der Waals surface area contributed by atoms with Crippen LogP contribution in [0.15, 0.2) is 10.5 Å². The Morgan fingerprint density at radius 3 is 2.69 bits per heavy atom. The number of hydrogen-bond donors (Lipinski definition) is 1. The summed E-state index contributed by atoms with van der Waals surface area (Å²) < 4.78 is 10.6. The maximum Gasteiger partial charge on any atom is 0.105 e. The first kappa shape index (κ1) is 10.3. The third-order valence-corrected chi connectivity index (χ3v) is 1.98. The van der Waals surface area contributed by atoms with Gasteiger partial charge >= 0.3 is 0 Å². The van der Waals surface area contributed by atoms with Gasteiger partial charge in [0, 0.05) is 12.2 Å². The molecule has 1 atom stereocenters. The van der Waals surface area contributed by atoms with Gasteiger partial charge in [-0.15, -0.1) is 0 Å². The van der Waals surface area contributed by atoms with E-state index in [9.17, 15) is 0 Å². The van der Waals surface area contributed by atoms with Gasteiger partial charge in [-0.25, -0.2) is 0 Å². The minimum Gasteiger partial charge on any atom is -0.466 e. The van der Waals surface area contributed by atoms with Crippen LogP contribution in [0, 0.1) is 13.8 Å². The molecule has 1 rings (SSSR count). The topological polar surface area (TPSA) is 48.4 Å². The van der Waals surface area contributed by atoms with Crippen LogP contribution in [0.5, 0.6) is 0 Å². The molecular formula is C10H17NO2. The van der Waals surface area contributed by atoms with E-state index in [0.717, 1.165) is 17.1 Å². The SMILES string of the molecule is CCOCC(N)c1cc(C)oc1C. The molecule has 1 aromatic rings. The van der Waals surface area contributed by atoms with Crippen molar-refractivity contribution in [2.45, 2.75) is 26.8 Å². The lowest BCUT2D eigenvalue weighted by Gasteiger charge is -2.09. The Bertz CT molecular complexity index is 268. The zero-order valence-electron chi connectivity index (χ0n) is 8.46. The summed E-state index contributed by atoms with van der Waals surface area (Å²) in [6.45, 7) is 7.05. The van der Waals surface area contributed by atoms with Gasteiger partial charge in [0.05, 0.1) is 12.6 Å². The van der Waals surface area contributed by atoms with E-state index in [1.807, 2.05) is 26.8 Å². The van der Waals surface area contributed by atoms with Crippen LogP contribution in [-0.4, -0.2) is 13.2 Å². The van der Waals surface area contributed by atoms with E-state index in [0.29, 0.717) is 13.2 Å². The molecule has 1 unspecified atom stereocenters. The van der Waals surface area contributed by atoms with Crippen LogP contribution in [0.4, 0.5) is 0 Å². The first-order valence-corrected chi connectivity index (χ1v) is 4.55. The van der Waals surface area contributed by atoms with Crippen molar-refractivity contribution in [1.29, 1.82) is 0 Å². The first-order chi connectivity index (χ1) is 6.15. The summed E-state index contributed by atoms with van der Waals surface area (Å²) in [6.07, 6.45) is 0. The molecule has 1 heterocycles. The van der Waals surface area contributed by atoms with Gasteiger partial charge in [0.2, 0.25) is 0 Å². The van der Waals surface area contributed by atoms with Gasteiger partial charge in [0.15, 0.2) is 0 Å². The third-order valence-electron chi connectivity index (χ3n) is 1.98. The number of aryl methyl sites for hydroxylation is 2. The highest BCUT2D eigenvalue weighted by Gasteiger charge is 2.12. The predicted molar refractivity (Wildman–Crippen MR) is 51.6 cm³/mol. The Balaban J connectivity index is 2.64. The Labute approximate surface area is 78.9 Å². The van der Waals surface area contributed by atoms with Crippen LogP contribution in [0.2, 0.25) is 0 Å². The number of nitrogens with two attached hydrogens (primary N) is 1. The van der Waals surface area contributed by atoms with Crippen molar-refractivity contribution in [1.82, 2.24) is 0 Å². The van der Waals surface area contributed by atoms with Crippen molar-refractivity contribution in [2.24, 2.45) is 5.73 Å². The second-order valence-electron chi connectivity index (χ2n) is 3.13. The van der Waals surface area contributed by atoms with Crippen LogP contribution in [-0.2, 0) is 4.74 Å². The molecule has 2 N–H and O–H groups in total. The molecule has 0 aliphatic carbocycles. The molecule has 13 heavy (non-hydrogen) atoms. The van der Waals surface area contributed by atoms with E-state index in [1.165, 1.54) is 0 Å². The molecule has 0 amide bonds. The highest BCUT2D eigenvalue weighted by atomic mass is 16.5. The second kappa shape index (κ2) is 4.44. The predicted octanol–water partition coefficient (Wildman–Crippen LogP) is 1.93. The smallest absolute Gasteiger partial charge is 0.105 e. The van der Waals surface area contributed by atoms with E-state index >= 15 is 0 Å². The molecule has 0 aromatic carbocycles. The van der Waals surface area contributed by atoms with Crippen molar-refractivity contribution >= 4 is 0 Å². The maximum absolute atomic E-state index is 5.91. The summed E-state index contributed by atoms with van der Waals surface area (Å²) in [5, 5.41) is 0. The second-order valence-corrected chi connectivity index (χ2v) is 3.13. The minimum absolute atomic E-state index is 0.0719. The Hall–Kier alpha value is -0.800. The van der Waals surface area contributed by atoms with Gasteiger partial charge in [-0.05, 0) is 26.8 Å². The molecule has 0 spiro atoms. The van der Waals surface area contributed by atoms with Gasteiger partial charge < -0.3 is 14.9 Å². The molecule has 0 fully saturated rings. The molecule has 0 bridgehead atoms. The Morgan fingerprint density at radius 2 is 2.23 bits per heavy atom. The standard InChI is InChI=1S/C10H17NO2/c1-4-12-6-10(11)9-5-7(2)13-8(9)3/h5,10H,4,6,11H2,1-3H3. The van der Waals surface area contributed by atoms with Crippen molar-refractivity contribution in [2.75, 3.05) is 13.2 Å². The lowest BCUT2D eigenvalue weighted by molar-refractivity contribution is 0.133. The number of ether oxygens (including phenoxy) is 1. The van der Waals surface area contributed by atoms with Gasteiger partial charge in [0.1, 0.15) is 11.5 Å². The number of rotatable bonds is 4. The average molecular weight is 183 g/mol. The highest BCUT2D eigenvalue weighted by molar-refractivity contribution is 5.23. The first-order valence-electron chi connectivity index (χ1n) is 4.55. The minimum atomic E-state index is -0.0719. The van der Waals surface area contributed by atoms with Crippen LogP contribution in [0.25, 0.3) is 0 Å². The molecule has 0 radical (unpaired) electrons. The van der Waals surface area contributed by atoms with Crippen molar-refractivity contribution in [3.05, 3.63) is 23.2 Å². The summed E-state index contributed by atoms with van der Waals surface area (Å²) in [5.74, 6) is 1.80. The summed E-state index contributed by atoms with van der Waals surface area (Å²) in [5.41, 5.74) is 6.96. The average Bonchev–Trinajstić information content (AvgIpc) is 2.41. The molecule has 1 aromatic heterocycles. The fourth-order valence-electron chi connectivity index (χ4n) is 1.35. The molecule has 74 valence electrons. The molecule has 3 nitrogen and oxygen atoms in total. The highest BCUT2D eigenvalue weighted by Crippen LogP contribution is 2.19. The Kier molecular flexibility index (Phi) is 3.51. The molecular weight excluding hydrogens is 166 g/mol. The van der Waals surface area contributed by atoms with Gasteiger partial charge in [0.25, 0.3) is 0 Å². The van der Waals surface area contributed by atoms with Gasteiger partial charge in [-0.1, -0.05) is 0 Å². The van der Waals surface area contributed by atoms with Gasteiger partial charge in [-0.2, -0.15) is 0 Å². The number of furan rings is 1. The molecule has 0 aliphatic heterocycles. The van der Waals surface area contributed by atoms with E-state index in [-0.39, 0.29) is 6.04 Å². The lowest BCUT2D eigenvalue weighted by Crippen LogP contribution is -2.17. The van der Waals surface area contributed by atoms with Crippen LogP contribution in [0.3, 0.4) is 0 Å². The summed E-state index contributed by atoms with van der Waals surface area (Å²) >= 11 is 0. The van der Waals surface area contributed by atoms with Crippen molar-refractivity contribution in [3.63, 3.8) is 0 Å². The maximum atomic E-state index is 5.91. The summed E-state index contributed by atoms with van der Waals surface area (Å²) in [7, 11) is 0. The summed E-state index contributed by atoms with van der Waals surface area (Å²) in [6, 6.07) is 1.90. The van der Waals surface area contributed by atoms with E-state index in [4.69, 9.17) is 14.9 Å². The monoisotopic (exact) mass is 183 g/mol. The summed E-state index contributed by atoms with van der Waals surface area (Å²) in [4.78, 5) is 0. The lowest BCUT2D eigenvalue weighted by atomic mass is 10.1. The zero-order valence-corrected chi connectivity index (χ0v) is 8.46. The van der Waals surface area contributed by atoms with Crippen LogP contribution in [0.1, 0.15) is 30.0 Å². The largest absolute Gasteiger partial charge is 0.466 e. The third kappa shape index (κ3) is 2.57. The fourth-order valence-corrected chi connectivity index (χ4v) is 1.35. The van der Waals surface area contributed by atoms with Crippen LogP contribution >= 0.6 is 0 Å². The fraction of sp³-hybridized carbons (Fsp3) is 0.600. The zero-order chi connectivity index (χ0) is 9.84. The molecule has 0 saturated carbocycles. The molecule has 3 heteroatoms. The van der Waals surface area contributed by atoms with Gasteiger partial charge in [-0.3, -0.25) is 0 Å². The van der Waals surface area contributed by atoms with E-state index in [2.05, 4.69) is 0 Å². The Morgan fingerprint density at radius 1 is 1.54 bits per heavy atom.